The molecule has 2 saturated heterocycles. The lowest BCUT2D eigenvalue weighted by Gasteiger charge is -2.50. The molecule has 51 heavy (non-hydrogen) atoms. The monoisotopic (exact) mass is 723 g/mol. The van der Waals surface area contributed by atoms with Crippen LogP contribution in [-0.2, 0) is 26.7 Å². The Balaban J connectivity index is 0.000000221. The molecule has 0 bridgehead atoms. The van der Waals surface area contributed by atoms with Crippen molar-refractivity contribution in [2.45, 2.75) is 127 Å². The first-order chi connectivity index (χ1) is 23.8. The number of rotatable bonds is 10. The number of likely N-dealkylation sites (tertiary alicyclic amines) is 1. The molecule has 12 heteroatoms. The second-order valence-electron chi connectivity index (χ2n) is 17.5. The van der Waals surface area contributed by atoms with E-state index in [0.29, 0.717) is 35.0 Å². The Bertz CT molecular complexity index is 1410. The van der Waals surface area contributed by atoms with Gasteiger partial charge in [-0.15, -0.1) is 0 Å². The number of methoxy groups -OCH3 is 1. The molecule has 278 valence electrons. The predicted molar refractivity (Wildman–Crippen MR) is 203 cm³/mol. The molecule has 6 rings (SSSR count). The van der Waals surface area contributed by atoms with E-state index in [2.05, 4.69) is 19.1 Å². The quantitative estimate of drug-likeness (QED) is 0.240. The van der Waals surface area contributed by atoms with E-state index >= 15 is 0 Å². The summed E-state index contributed by atoms with van der Waals surface area (Å²) in [6, 6.07) is 6.43. The van der Waals surface area contributed by atoms with Crippen LogP contribution in [0.5, 0.6) is 5.75 Å². The van der Waals surface area contributed by atoms with Gasteiger partial charge in [0.05, 0.1) is 30.4 Å². The molecule has 6 nitrogen and oxygen atoms in total. The summed E-state index contributed by atoms with van der Waals surface area (Å²) in [5, 5.41) is 0. The average molecular weight is 723 g/mol. The van der Waals surface area contributed by atoms with Crippen molar-refractivity contribution in [1.82, 2.24) is 4.90 Å². The first-order valence-electron chi connectivity index (χ1n) is 19.1. The normalized spacial score (nSPS) is 32.1. The van der Waals surface area contributed by atoms with Crippen molar-refractivity contribution < 1.29 is 32.0 Å². The van der Waals surface area contributed by atoms with Crippen LogP contribution >= 0.6 is 0 Å². The van der Waals surface area contributed by atoms with Crippen molar-refractivity contribution in [3.63, 3.8) is 0 Å². The summed E-state index contributed by atoms with van der Waals surface area (Å²) >= 11 is 0. The zero-order valence-electron chi connectivity index (χ0n) is 32.0. The minimum Gasteiger partial charge on any atom is -0.410 e. The predicted octanol–water partition coefficient (Wildman–Crippen LogP) is 7.16. The largest absolute Gasteiger partial charge is 0.415 e. The molecule has 9 unspecified atom stereocenters. The number of alkyl halides is 2. The van der Waals surface area contributed by atoms with Crippen molar-refractivity contribution in [2.24, 2.45) is 34.5 Å². The van der Waals surface area contributed by atoms with Crippen LogP contribution in [-0.4, -0.2) is 99.8 Å². The summed E-state index contributed by atoms with van der Waals surface area (Å²) in [5.74, 6) is 4.11. The Morgan fingerprint density at radius 2 is 1.73 bits per heavy atom. The molecule has 6 radical (unpaired) electrons. The van der Waals surface area contributed by atoms with Crippen molar-refractivity contribution >= 4 is 40.4 Å². The molecule has 5 aliphatic rings. The zero-order valence-corrected chi connectivity index (χ0v) is 32.8. The number of ether oxygens (including phenoxy) is 3. The van der Waals surface area contributed by atoms with Crippen LogP contribution in [0, 0.1) is 34.5 Å². The lowest BCUT2D eigenvalue weighted by molar-refractivity contribution is -0.0444. The van der Waals surface area contributed by atoms with Gasteiger partial charge < -0.3 is 19.1 Å². The molecule has 1 aromatic carbocycles. The fourth-order valence-corrected chi connectivity index (χ4v) is 11.3. The Morgan fingerprint density at radius 3 is 2.33 bits per heavy atom. The third-order valence-corrected chi connectivity index (χ3v) is 16.5. The van der Waals surface area contributed by atoms with Gasteiger partial charge in [-0.1, -0.05) is 33.8 Å². The Labute approximate surface area is 312 Å². The van der Waals surface area contributed by atoms with Gasteiger partial charge in [-0.3, -0.25) is 13.0 Å². The van der Waals surface area contributed by atoms with Crippen LogP contribution in [0.4, 0.5) is 13.6 Å². The molecule has 2 heterocycles. The van der Waals surface area contributed by atoms with Gasteiger partial charge in [0.15, 0.2) is 0 Å². The zero-order chi connectivity index (χ0) is 37.6. The fraction of sp³-hybridized carbons (Fsp3) is 0.821. The minimum atomic E-state index is -3.09. The van der Waals surface area contributed by atoms with Crippen molar-refractivity contribution in [3.05, 3.63) is 29.3 Å². The van der Waals surface area contributed by atoms with Gasteiger partial charge in [-0.2, -0.15) is 0 Å². The van der Waals surface area contributed by atoms with Gasteiger partial charge in [0.25, 0.3) is 0 Å². The molecule has 2 aliphatic heterocycles. The second-order valence-corrected chi connectivity index (χ2v) is 19.6. The number of hydrogen-bond donors (Lipinski definition) is 0. The third kappa shape index (κ3) is 8.18. The fourth-order valence-electron chi connectivity index (χ4n) is 9.60. The highest BCUT2D eigenvalue weighted by atomic mass is 32.2. The molecule has 0 aromatic heterocycles. The van der Waals surface area contributed by atoms with Crippen LogP contribution in [0.25, 0.3) is 0 Å². The molecule has 2 saturated carbocycles. The van der Waals surface area contributed by atoms with E-state index in [1.807, 2.05) is 52.7 Å². The topological polar surface area (TPSA) is 65.1 Å². The summed E-state index contributed by atoms with van der Waals surface area (Å²) in [6.07, 6.45) is 8.26. The highest BCUT2D eigenvalue weighted by molar-refractivity contribution is 7.86. The number of carbonyl (C=O) groups is 1. The lowest BCUT2D eigenvalue weighted by atomic mass is 9.50. The number of amides is 1. The number of fused-ring (bicyclic) bond motifs is 6. The summed E-state index contributed by atoms with van der Waals surface area (Å²) in [5.41, 5.74) is -2.79. The lowest BCUT2D eigenvalue weighted by Crippen LogP contribution is -2.49. The summed E-state index contributed by atoms with van der Waals surface area (Å²) in [6.45, 7) is 15.5. The molecular weight excluding hydrogens is 665 g/mol. The van der Waals surface area contributed by atoms with Crippen molar-refractivity contribution in [2.75, 3.05) is 39.2 Å². The van der Waals surface area contributed by atoms with E-state index in [1.54, 1.807) is 0 Å². The Hall–Kier alpha value is -1.39. The van der Waals surface area contributed by atoms with Gasteiger partial charge >= 0.3 is 6.09 Å². The Morgan fingerprint density at radius 1 is 1.06 bits per heavy atom. The summed E-state index contributed by atoms with van der Waals surface area (Å²) < 4.78 is 56.0. The summed E-state index contributed by atoms with van der Waals surface area (Å²) in [7, 11) is 15.5. The number of benzene rings is 1. The van der Waals surface area contributed by atoms with E-state index in [1.165, 1.54) is 43.2 Å². The van der Waals surface area contributed by atoms with E-state index in [4.69, 9.17) is 37.7 Å². The van der Waals surface area contributed by atoms with Crippen molar-refractivity contribution in [1.29, 1.82) is 0 Å². The van der Waals surface area contributed by atoms with Gasteiger partial charge in [0.2, 0.25) is 0 Å². The maximum Gasteiger partial charge on any atom is 0.415 e. The highest BCUT2D eigenvalue weighted by Gasteiger charge is 2.55. The standard InChI is InChI=1S/C26H35NO4.C13H23B3F2OS/c1-26-10-9-21-20-6-4-19(31-25(28)27-12-17-14-30-15-18(17)13-27)11-16(20)3-5-22(21)23(26)7-8-24(26)29-2;1-6-10(2,3)11(4,5)20(19)9-7-8-12(14,17)13(15,16)18/h4,6,11,17-18,21-24H,3,5,7-10,12-15H2,1-2H3;6-9H2,1-5H3. The molecule has 0 N–H and O–H groups in total. The van der Waals surface area contributed by atoms with Gasteiger partial charge in [-0.25, -0.2) is 4.79 Å². The first-order valence-corrected chi connectivity index (χ1v) is 20.4. The van der Waals surface area contributed by atoms with E-state index in [0.717, 1.165) is 51.0 Å². The van der Waals surface area contributed by atoms with E-state index < -0.39 is 26.6 Å². The maximum atomic E-state index is 13.7. The van der Waals surface area contributed by atoms with Crippen LogP contribution < -0.4 is 4.74 Å². The number of aryl methyl sites for hydroxylation is 1. The number of hydrogen-bond acceptors (Lipinski definition) is 5. The molecule has 3 aliphatic carbocycles. The molecule has 1 aromatic rings. The average Bonchev–Trinajstić information content (AvgIpc) is 3.77. The molecule has 4 fully saturated rings. The third-order valence-electron chi connectivity index (χ3n) is 14.2. The van der Waals surface area contributed by atoms with Gasteiger partial charge in [0, 0.05) is 53.3 Å². The van der Waals surface area contributed by atoms with Crippen molar-refractivity contribution in [3.8, 4) is 5.75 Å². The highest BCUT2D eigenvalue weighted by Crippen LogP contribution is 2.61. The molecule has 1 amide bonds. The van der Waals surface area contributed by atoms with Gasteiger partial charge in [-0.05, 0) is 123 Å². The van der Waals surface area contributed by atoms with E-state index in [-0.39, 0.29) is 30.1 Å². The minimum absolute atomic E-state index is 0.126. The molecular formula is C39H58B3F2NO5S. The Kier molecular flexibility index (Phi) is 12.3. The van der Waals surface area contributed by atoms with Crippen LogP contribution in [0.1, 0.15) is 110 Å². The second kappa shape index (κ2) is 15.4. The van der Waals surface area contributed by atoms with Gasteiger partial charge in [0.1, 0.15) is 29.3 Å². The summed E-state index contributed by atoms with van der Waals surface area (Å²) in [4.78, 5) is 14.6. The maximum absolute atomic E-state index is 13.7. The van der Waals surface area contributed by atoms with E-state index in [9.17, 15) is 17.8 Å². The van der Waals surface area contributed by atoms with Crippen LogP contribution in [0.2, 0.25) is 0 Å². The molecule has 9 atom stereocenters. The number of carbonyl (C=O) groups excluding carboxylic acids is 1. The first kappa shape index (κ1) is 40.8. The smallest absolute Gasteiger partial charge is 0.410 e. The van der Waals surface area contributed by atoms with Crippen LogP contribution in [0.3, 0.4) is 0 Å². The SMILES string of the molecule is COC1CCC2C3CCc4cc(OC(=O)N5CC6COCC6C5)ccc4C3CCC12C.[B]C([B])(F)C([B])(F)CCCS(=O)C(C)(C)C(C)(C)CC. The number of nitrogens with zero attached hydrogens (tertiary/aromatic N) is 1. The number of halogens is 2. The van der Waals surface area contributed by atoms with Crippen LogP contribution in [0.15, 0.2) is 18.2 Å². The molecule has 0 spiro atoms.